The molecule has 0 amide bonds. The van der Waals surface area contributed by atoms with Crippen molar-refractivity contribution in [2.24, 2.45) is 17.3 Å². The number of fused-ring (bicyclic) bond motifs is 11. The number of rotatable bonds is 11. The molecule has 1 aromatic heterocycles. The van der Waals surface area contributed by atoms with E-state index in [1.54, 1.807) is 19.1 Å². The Morgan fingerprint density at radius 3 is 2.27 bits per heavy atom. The monoisotopic (exact) mass is 1070 g/mol. The molecule has 3 saturated carbocycles. The molecule has 11 nitrogen and oxygen atoms in total. The fraction of sp³-hybridized carbons (Fsp3) is 0.515. The van der Waals surface area contributed by atoms with E-state index in [-0.39, 0.29) is 90.3 Å². The topological polar surface area (TPSA) is 162 Å². The van der Waals surface area contributed by atoms with Gasteiger partial charge in [0.05, 0.1) is 25.4 Å². The summed E-state index contributed by atoms with van der Waals surface area (Å²) in [5.41, 5.74) is 5.74. The van der Waals surface area contributed by atoms with Gasteiger partial charge in [0, 0.05) is 65.7 Å². The van der Waals surface area contributed by atoms with Crippen molar-refractivity contribution < 1.29 is 48.3 Å². The van der Waals surface area contributed by atoms with Crippen molar-refractivity contribution in [1.82, 2.24) is 0 Å². The van der Waals surface area contributed by atoms with Gasteiger partial charge in [0.15, 0.2) is 12.2 Å². The maximum Gasteiger partial charge on any atom is 0.340 e. The molecular weight excluding hydrogens is 993 g/mol. The first-order valence-electron chi connectivity index (χ1n) is 29.6. The van der Waals surface area contributed by atoms with Gasteiger partial charge < -0.3 is 38.7 Å². The number of aliphatic hydroxyl groups excluding tert-OH is 3. The Kier molecular flexibility index (Phi) is 16.3. The Bertz CT molecular complexity index is 3120. The molecule has 79 heavy (non-hydrogen) atoms. The lowest BCUT2D eigenvalue weighted by molar-refractivity contribution is -0.203. The van der Waals surface area contributed by atoms with Gasteiger partial charge in [0.1, 0.15) is 16.9 Å². The van der Waals surface area contributed by atoms with E-state index in [0.29, 0.717) is 40.7 Å². The molecule has 1 spiro atoms. The van der Waals surface area contributed by atoms with E-state index in [1.165, 1.54) is 43.1 Å². The number of carbonyl (C=O) groups excluding carboxylic acids is 2. The lowest BCUT2D eigenvalue weighted by atomic mass is 9.62. The second-order valence-corrected chi connectivity index (χ2v) is 24.5. The second-order valence-electron chi connectivity index (χ2n) is 24.5. The highest BCUT2D eigenvalue weighted by atomic mass is 16.6. The van der Waals surface area contributed by atoms with Crippen LogP contribution in [0.4, 0.5) is 0 Å². The zero-order valence-corrected chi connectivity index (χ0v) is 46.5. The van der Waals surface area contributed by atoms with E-state index in [4.69, 9.17) is 23.4 Å². The molecule has 418 valence electrons. The molecule has 0 radical (unpaired) electrons. The molecule has 12 rings (SSSR count). The van der Waals surface area contributed by atoms with E-state index < -0.39 is 47.9 Å². The van der Waals surface area contributed by atoms with E-state index in [0.717, 1.165) is 75.3 Å². The van der Waals surface area contributed by atoms with Gasteiger partial charge in [0.25, 0.3) is 0 Å². The average molecular weight is 1070 g/mol. The maximum atomic E-state index is 15.6. The van der Waals surface area contributed by atoms with Crippen LogP contribution in [-0.4, -0.2) is 65.9 Å². The van der Waals surface area contributed by atoms with Gasteiger partial charge >= 0.3 is 17.6 Å². The summed E-state index contributed by atoms with van der Waals surface area (Å²) in [4.78, 5) is 45.4. The maximum absolute atomic E-state index is 15.6. The first-order valence-corrected chi connectivity index (χ1v) is 29.6. The zero-order chi connectivity index (χ0) is 54.9. The third kappa shape index (κ3) is 10.6. The van der Waals surface area contributed by atoms with Crippen LogP contribution >= 0.6 is 0 Å². The van der Waals surface area contributed by atoms with Crippen LogP contribution in [0.5, 0.6) is 5.75 Å². The number of ether oxygens (including phenoxy) is 4. The molecule has 8 unspecified atom stereocenters. The van der Waals surface area contributed by atoms with Crippen LogP contribution in [0.2, 0.25) is 0 Å². The van der Waals surface area contributed by atoms with Gasteiger partial charge in [-0.2, -0.15) is 0 Å². The summed E-state index contributed by atoms with van der Waals surface area (Å²) in [5, 5.41) is 32.4. The first kappa shape index (κ1) is 55.1. The standard InChI is InChI=1S/C68H80O11/c1-43(40-70)53-25-21-44-19-22-45(23-20-44)54-26-24-47(46-14-12-17-51(37-46)68(33-8-5-9-34-68)50-15-6-4-7-16-50)36-49(54)38-58(72)76-62-60-57(28-27-55-56(41-71)59(65(74)77-61(55)60)48(29-35-69)42-75-3)79-66(2,63(62)78-64(53)73)52-18-13-32-67(39-52)30-10-11-31-67/h4,6-7,12,14-17,19-20,22-24,26-28,37,47-49,52,54,62-63,69-71H,5,8-11,13,18,21,25,29-36,38-42H2,1-3H3. The molecule has 3 N–H and O–H groups in total. The summed E-state index contributed by atoms with van der Waals surface area (Å²) in [7, 11) is 1.52. The van der Waals surface area contributed by atoms with Crippen LogP contribution in [0.25, 0.3) is 11.0 Å². The van der Waals surface area contributed by atoms with Gasteiger partial charge in [-0.15, -0.1) is 0 Å². The number of aryl methyl sites for hydroxylation is 1. The SMILES string of the molecule is COCC(CCO)c1c(CO)c2ccc3c(c2oc1=O)C1OC(=O)CC2CC(c4cccc(C5(c6ccccc6)CCCCC5)c4)C=CC2c2ccc(cc2)CCC(=C(C)CO)C(=O)OC1C(C)(C1CCCC2(CCCC2)C1)O3. The predicted octanol–water partition coefficient (Wildman–Crippen LogP) is 12.8. The first-order chi connectivity index (χ1) is 38.4. The molecule has 7 aliphatic rings. The number of esters is 2. The molecule has 5 aromatic rings. The Labute approximate surface area is 465 Å². The van der Waals surface area contributed by atoms with Crippen LogP contribution in [0, 0.1) is 17.3 Å². The van der Waals surface area contributed by atoms with Crippen molar-refractivity contribution >= 4 is 22.9 Å². The molecule has 2 bridgehead atoms. The van der Waals surface area contributed by atoms with E-state index in [1.807, 2.05) is 6.92 Å². The summed E-state index contributed by atoms with van der Waals surface area (Å²) < 4.78 is 33.3. The molecular formula is C68H80O11. The summed E-state index contributed by atoms with van der Waals surface area (Å²) in [6.45, 7) is 2.73. The summed E-state index contributed by atoms with van der Waals surface area (Å²) in [6.07, 6.45) is 17.8. The highest BCUT2D eigenvalue weighted by molar-refractivity contribution is 5.90. The average Bonchev–Trinajstić information content (AvgIpc) is 3.93. The minimum Gasteiger partial charge on any atom is -0.483 e. The fourth-order valence-corrected chi connectivity index (χ4v) is 15.7. The smallest absolute Gasteiger partial charge is 0.340 e. The summed E-state index contributed by atoms with van der Waals surface area (Å²) in [6, 6.07) is 32.2. The minimum absolute atomic E-state index is 0.0161. The van der Waals surface area contributed by atoms with Gasteiger partial charge in [-0.1, -0.05) is 130 Å². The number of allylic oxidation sites excluding steroid dienone is 2. The fourth-order valence-electron chi connectivity index (χ4n) is 15.7. The Hall–Kier alpha value is -5.85. The number of hydrogen-bond donors (Lipinski definition) is 3. The molecule has 3 aliphatic heterocycles. The molecule has 4 aromatic carbocycles. The third-order valence-electron chi connectivity index (χ3n) is 20.0. The van der Waals surface area contributed by atoms with Crippen molar-refractivity contribution in [3.63, 3.8) is 0 Å². The predicted molar refractivity (Wildman–Crippen MR) is 304 cm³/mol. The zero-order valence-electron chi connectivity index (χ0n) is 46.5. The van der Waals surface area contributed by atoms with Crippen LogP contribution in [0.15, 0.2) is 124 Å². The summed E-state index contributed by atoms with van der Waals surface area (Å²) >= 11 is 0. The van der Waals surface area contributed by atoms with E-state index in [9.17, 15) is 20.1 Å². The number of aliphatic hydroxyl groups is 3. The Balaban J connectivity index is 1.05. The quantitative estimate of drug-likeness (QED) is 0.0499. The van der Waals surface area contributed by atoms with Crippen LogP contribution in [-0.2, 0) is 42.2 Å². The van der Waals surface area contributed by atoms with Crippen molar-refractivity contribution in [3.8, 4) is 5.75 Å². The Morgan fingerprint density at radius 1 is 0.785 bits per heavy atom. The van der Waals surface area contributed by atoms with Crippen molar-refractivity contribution in [1.29, 1.82) is 0 Å². The van der Waals surface area contributed by atoms with Crippen molar-refractivity contribution in [2.75, 3.05) is 26.9 Å². The van der Waals surface area contributed by atoms with Crippen LogP contribution < -0.4 is 10.4 Å². The third-order valence-corrected chi connectivity index (χ3v) is 20.0. The molecule has 3 fully saturated rings. The lowest BCUT2D eigenvalue weighted by Gasteiger charge is -2.52. The molecule has 8 atom stereocenters. The van der Waals surface area contributed by atoms with E-state index >= 15 is 9.59 Å². The van der Waals surface area contributed by atoms with Crippen molar-refractivity contribution in [3.05, 3.63) is 169 Å². The molecule has 4 heterocycles. The lowest BCUT2D eigenvalue weighted by Crippen LogP contribution is -2.59. The normalized spacial score (nSPS) is 27.8. The number of hydrogen-bond acceptors (Lipinski definition) is 11. The number of carbonyl (C=O) groups is 2. The highest BCUT2D eigenvalue weighted by Crippen LogP contribution is 2.58. The van der Waals surface area contributed by atoms with Gasteiger partial charge in [-0.3, -0.25) is 4.79 Å². The number of benzene rings is 4. The Morgan fingerprint density at radius 2 is 1.53 bits per heavy atom. The van der Waals surface area contributed by atoms with Gasteiger partial charge in [-0.25, -0.2) is 9.59 Å². The molecule has 4 aliphatic carbocycles. The van der Waals surface area contributed by atoms with Crippen molar-refractivity contribution in [2.45, 2.75) is 177 Å². The van der Waals surface area contributed by atoms with Gasteiger partial charge in [-0.05, 0) is 147 Å². The largest absolute Gasteiger partial charge is 0.483 e. The molecule has 0 saturated heterocycles. The minimum atomic E-state index is -1.32. The highest BCUT2D eigenvalue weighted by Gasteiger charge is 2.59. The van der Waals surface area contributed by atoms with Crippen LogP contribution in [0.1, 0.15) is 191 Å². The van der Waals surface area contributed by atoms with Gasteiger partial charge in [0.2, 0.25) is 0 Å². The van der Waals surface area contributed by atoms with Crippen LogP contribution in [0.3, 0.4) is 0 Å². The van der Waals surface area contributed by atoms with E-state index in [2.05, 4.69) is 91.0 Å². The number of methoxy groups -OCH3 is 1. The second kappa shape index (κ2) is 23.3. The molecule has 11 heteroatoms. The summed E-state index contributed by atoms with van der Waals surface area (Å²) in [5.74, 6) is -1.80.